The van der Waals surface area contributed by atoms with Crippen molar-refractivity contribution in [2.24, 2.45) is 0 Å². The number of nitrogen functional groups attached to an aromatic ring is 1. The molecule has 0 aliphatic heterocycles. The van der Waals surface area contributed by atoms with Gasteiger partial charge < -0.3 is 20.5 Å². The number of benzene rings is 1. The SMILES string of the molecule is CCCOc1ccc(/C=C\C(=O)N(CC)CCO)cc1N. The molecule has 1 amide bonds. The van der Waals surface area contributed by atoms with Gasteiger partial charge in [-0.15, -0.1) is 0 Å². The molecule has 0 aromatic heterocycles. The van der Waals surface area contributed by atoms with Crippen molar-refractivity contribution in [3.8, 4) is 5.75 Å². The quantitative estimate of drug-likeness (QED) is 0.567. The van der Waals surface area contributed by atoms with Gasteiger partial charge in [-0.3, -0.25) is 4.79 Å². The molecule has 0 aliphatic rings. The second kappa shape index (κ2) is 9.02. The lowest BCUT2D eigenvalue weighted by Crippen LogP contribution is -2.31. The summed E-state index contributed by atoms with van der Waals surface area (Å²) in [6, 6.07) is 5.44. The number of likely N-dealkylation sites (N-methyl/N-ethyl adjacent to an activating group) is 1. The van der Waals surface area contributed by atoms with Crippen LogP contribution in [0.3, 0.4) is 0 Å². The van der Waals surface area contributed by atoms with Crippen LogP contribution in [0.25, 0.3) is 6.08 Å². The molecule has 0 heterocycles. The Kier molecular flexibility index (Phi) is 7.32. The molecule has 1 aromatic carbocycles. The maximum absolute atomic E-state index is 11.9. The largest absolute Gasteiger partial charge is 0.491 e. The third-order valence-electron chi connectivity index (χ3n) is 2.98. The monoisotopic (exact) mass is 292 g/mol. The number of amides is 1. The summed E-state index contributed by atoms with van der Waals surface area (Å²) in [6.07, 6.45) is 4.12. The van der Waals surface area contributed by atoms with Gasteiger partial charge in [-0.1, -0.05) is 13.0 Å². The number of aliphatic hydroxyl groups excluding tert-OH is 1. The van der Waals surface area contributed by atoms with E-state index in [0.717, 1.165) is 12.0 Å². The third kappa shape index (κ3) is 5.47. The number of hydrogen-bond donors (Lipinski definition) is 2. The van der Waals surface area contributed by atoms with Crippen LogP contribution in [0.1, 0.15) is 25.8 Å². The van der Waals surface area contributed by atoms with Gasteiger partial charge >= 0.3 is 0 Å². The second-order valence-corrected chi connectivity index (χ2v) is 4.62. The Morgan fingerprint density at radius 3 is 2.76 bits per heavy atom. The maximum Gasteiger partial charge on any atom is 0.246 e. The van der Waals surface area contributed by atoms with Crippen LogP contribution >= 0.6 is 0 Å². The van der Waals surface area contributed by atoms with Crippen molar-refractivity contribution in [2.45, 2.75) is 20.3 Å². The summed E-state index contributed by atoms with van der Waals surface area (Å²) in [5, 5.41) is 8.89. The molecule has 1 rings (SSSR count). The Morgan fingerprint density at radius 1 is 1.43 bits per heavy atom. The first-order chi connectivity index (χ1) is 10.1. The minimum Gasteiger partial charge on any atom is -0.491 e. The summed E-state index contributed by atoms with van der Waals surface area (Å²) < 4.78 is 5.50. The molecule has 0 bridgehead atoms. The number of carbonyl (C=O) groups is 1. The number of carbonyl (C=O) groups excluding carboxylic acids is 1. The predicted molar refractivity (Wildman–Crippen MR) is 85.0 cm³/mol. The van der Waals surface area contributed by atoms with E-state index in [1.54, 1.807) is 23.1 Å². The molecule has 0 fully saturated rings. The zero-order valence-electron chi connectivity index (χ0n) is 12.7. The first-order valence-electron chi connectivity index (χ1n) is 7.22. The van der Waals surface area contributed by atoms with Gasteiger partial charge in [-0.25, -0.2) is 0 Å². The Labute approximate surface area is 126 Å². The number of aliphatic hydroxyl groups is 1. The van der Waals surface area contributed by atoms with Crippen LogP contribution in [0.5, 0.6) is 5.75 Å². The molecule has 116 valence electrons. The normalized spacial score (nSPS) is 10.8. The fourth-order valence-electron chi connectivity index (χ4n) is 1.83. The van der Waals surface area contributed by atoms with Gasteiger partial charge in [0.25, 0.3) is 0 Å². The van der Waals surface area contributed by atoms with E-state index in [9.17, 15) is 4.79 Å². The second-order valence-electron chi connectivity index (χ2n) is 4.62. The van der Waals surface area contributed by atoms with Crippen LogP contribution in [-0.4, -0.2) is 42.2 Å². The molecule has 5 heteroatoms. The maximum atomic E-state index is 11.9. The van der Waals surface area contributed by atoms with Crippen molar-refractivity contribution in [2.75, 3.05) is 32.0 Å². The van der Waals surface area contributed by atoms with Crippen molar-refractivity contribution in [1.29, 1.82) is 0 Å². The van der Waals surface area contributed by atoms with E-state index >= 15 is 0 Å². The zero-order valence-corrected chi connectivity index (χ0v) is 12.7. The van der Waals surface area contributed by atoms with Gasteiger partial charge in [0.1, 0.15) is 5.75 Å². The van der Waals surface area contributed by atoms with E-state index in [-0.39, 0.29) is 12.5 Å². The van der Waals surface area contributed by atoms with E-state index in [1.165, 1.54) is 6.08 Å². The van der Waals surface area contributed by atoms with Gasteiger partial charge in [0.15, 0.2) is 0 Å². The number of rotatable bonds is 8. The Balaban J connectivity index is 2.72. The van der Waals surface area contributed by atoms with Crippen LogP contribution in [0.15, 0.2) is 24.3 Å². The molecule has 0 radical (unpaired) electrons. The lowest BCUT2D eigenvalue weighted by Gasteiger charge is -2.17. The number of anilines is 1. The van der Waals surface area contributed by atoms with Crippen LogP contribution in [0.4, 0.5) is 5.69 Å². The highest BCUT2D eigenvalue weighted by molar-refractivity contribution is 5.92. The average Bonchev–Trinajstić information content (AvgIpc) is 2.49. The molecule has 0 saturated heterocycles. The molecular formula is C16H24N2O3. The first kappa shape index (κ1) is 17.0. The van der Waals surface area contributed by atoms with E-state index < -0.39 is 0 Å². The van der Waals surface area contributed by atoms with Crippen molar-refractivity contribution < 1.29 is 14.6 Å². The fraction of sp³-hybridized carbons (Fsp3) is 0.438. The molecule has 0 atom stereocenters. The highest BCUT2D eigenvalue weighted by Gasteiger charge is 2.07. The molecule has 0 aliphatic carbocycles. The summed E-state index contributed by atoms with van der Waals surface area (Å²) in [6.45, 7) is 5.40. The Bertz CT molecular complexity index is 486. The smallest absolute Gasteiger partial charge is 0.246 e. The average molecular weight is 292 g/mol. The van der Waals surface area contributed by atoms with Crippen molar-refractivity contribution in [1.82, 2.24) is 4.90 Å². The molecule has 5 nitrogen and oxygen atoms in total. The highest BCUT2D eigenvalue weighted by atomic mass is 16.5. The fourth-order valence-corrected chi connectivity index (χ4v) is 1.83. The Hall–Kier alpha value is -2.01. The summed E-state index contributed by atoms with van der Waals surface area (Å²) in [5.41, 5.74) is 7.31. The molecule has 3 N–H and O–H groups in total. The molecular weight excluding hydrogens is 268 g/mol. The van der Waals surface area contributed by atoms with Gasteiger partial charge in [-0.2, -0.15) is 0 Å². The molecule has 21 heavy (non-hydrogen) atoms. The summed E-state index contributed by atoms with van der Waals surface area (Å²) in [5.74, 6) is 0.534. The topological polar surface area (TPSA) is 75.8 Å². The Morgan fingerprint density at radius 2 is 2.19 bits per heavy atom. The lowest BCUT2D eigenvalue weighted by molar-refractivity contribution is -0.126. The van der Waals surface area contributed by atoms with E-state index in [4.69, 9.17) is 15.6 Å². The summed E-state index contributed by atoms with van der Waals surface area (Å²) in [4.78, 5) is 13.5. The van der Waals surface area contributed by atoms with Crippen molar-refractivity contribution in [3.63, 3.8) is 0 Å². The summed E-state index contributed by atoms with van der Waals surface area (Å²) >= 11 is 0. The van der Waals surface area contributed by atoms with Crippen LogP contribution in [0, 0.1) is 0 Å². The van der Waals surface area contributed by atoms with Crippen LogP contribution in [-0.2, 0) is 4.79 Å². The standard InChI is InChI=1S/C16H24N2O3/c1-3-11-21-15-7-5-13(12-14(15)17)6-8-16(20)18(4-2)9-10-19/h5-8,12,19H,3-4,9-11,17H2,1-2H3/b8-6-. The minimum atomic E-state index is -0.128. The van der Waals surface area contributed by atoms with Crippen molar-refractivity contribution >= 4 is 17.7 Å². The molecule has 0 spiro atoms. The highest BCUT2D eigenvalue weighted by Crippen LogP contribution is 2.23. The van der Waals surface area contributed by atoms with Gasteiger partial charge in [0.2, 0.25) is 5.91 Å². The van der Waals surface area contributed by atoms with E-state index in [2.05, 4.69) is 0 Å². The van der Waals surface area contributed by atoms with Crippen molar-refractivity contribution in [3.05, 3.63) is 29.8 Å². The number of ether oxygens (including phenoxy) is 1. The third-order valence-corrected chi connectivity index (χ3v) is 2.98. The number of nitrogens with zero attached hydrogens (tertiary/aromatic N) is 1. The number of nitrogens with two attached hydrogens (primary N) is 1. The molecule has 0 saturated carbocycles. The lowest BCUT2D eigenvalue weighted by atomic mass is 10.1. The van der Waals surface area contributed by atoms with E-state index in [0.29, 0.717) is 31.1 Å². The minimum absolute atomic E-state index is 0.0379. The molecule has 1 aromatic rings. The number of hydrogen-bond acceptors (Lipinski definition) is 4. The van der Waals surface area contributed by atoms with Gasteiger partial charge in [-0.05, 0) is 37.1 Å². The zero-order chi connectivity index (χ0) is 15.7. The van der Waals surface area contributed by atoms with Crippen LogP contribution in [0.2, 0.25) is 0 Å². The van der Waals surface area contributed by atoms with E-state index in [1.807, 2.05) is 19.9 Å². The van der Waals surface area contributed by atoms with Gasteiger partial charge in [0.05, 0.1) is 18.9 Å². The predicted octanol–water partition coefficient (Wildman–Crippen LogP) is 1.91. The van der Waals surface area contributed by atoms with Crippen LogP contribution < -0.4 is 10.5 Å². The molecule has 0 unspecified atom stereocenters. The van der Waals surface area contributed by atoms with Gasteiger partial charge in [0, 0.05) is 19.2 Å². The first-order valence-corrected chi connectivity index (χ1v) is 7.22. The summed E-state index contributed by atoms with van der Waals surface area (Å²) in [7, 11) is 0.